The maximum atomic E-state index is 9.77. The van der Waals surface area contributed by atoms with E-state index in [0.29, 0.717) is 0 Å². The third kappa shape index (κ3) is 3.45. The van der Waals surface area contributed by atoms with E-state index < -0.39 is 15.0 Å². The average Bonchev–Trinajstić information content (AvgIpc) is 1.81. The predicted molar refractivity (Wildman–Crippen MR) is 54.3 cm³/mol. The van der Waals surface area contributed by atoms with Gasteiger partial charge in [-0.15, -0.1) is 0 Å². The van der Waals surface area contributed by atoms with E-state index in [1.165, 1.54) is 0 Å². The average molecular weight is 179 g/mol. The summed E-state index contributed by atoms with van der Waals surface area (Å²) < 4.78 is 0. The maximum Gasteiger partial charge on any atom is 0.0891 e. The Morgan fingerprint density at radius 3 is 2.09 bits per heavy atom. The summed E-state index contributed by atoms with van der Waals surface area (Å²) in [6, 6.07) is 0. The summed E-state index contributed by atoms with van der Waals surface area (Å²) in [4.78, 5) is -0.526. The van der Waals surface area contributed by atoms with Gasteiger partial charge in [-0.05, 0) is 45.1 Å². The molecule has 0 saturated carbocycles. The number of hydrogen-bond acceptors (Lipinski definition) is 2. The molecule has 0 bridgehead atoms. The van der Waals surface area contributed by atoms with Gasteiger partial charge in [0.15, 0.2) is 0 Å². The molecule has 0 rings (SSSR count). The van der Waals surface area contributed by atoms with Crippen molar-refractivity contribution in [1.29, 1.82) is 0 Å². The highest BCUT2D eigenvalue weighted by Gasteiger charge is 2.28. The van der Waals surface area contributed by atoms with Gasteiger partial charge in [-0.1, -0.05) is 0 Å². The molecule has 3 N–H and O–H groups in total. The molecule has 2 nitrogen and oxygen atoms in total. The molecule has 0 radical (unpaired) electrons. The maximum absolute atomic E-state index is 9.77. The Labute approximate surface area is 71.5 Å². The van der Waals surface area contributed by atoms with Gasteiger partial charge in [0, 0.05) is 0 Å². The van der Waals surface area contributed by atoms with E-state index in [4.69, 9.17) is 5.73 Å². The first kappa shape index (κ1) is 11.3. The Bertz CT molecular complexity index is 118. The topological polar surface area (TPSA) is 46.2 Å². The first-order valence-corrected chi connectivity index (χ1v) is 6.56. The molecule has 0 aliphatic carbocycles. The van der Waals surface area contributed by atoms with Crippen molar-refractivity contribution in [1.82, 2.24) is 0 Å². The Hall–Kier alpha value is 0.270. The van der Waals surface area contributed by atoms with Crippen molar-refractivity contribution in [3.63, 3.8) is 0 Å². The van der Waals surface area contributed by atoms with E-state index in [1.54, 1.807) is 0 Å². The minimum atomic E-state index is -0.884. The van der Waals surface area contributed by atoms with Crippen LogP contribution in [0.15, 0.2) is 0 Å². The van der Waals surface area contributed by atoms with Gasteiger partial charge in [-0.25, -0.2) is 10.0 Å². The molecule has 0 aromatic carbocycles. The summed E-state index contributed by atoms with van der Waals surface area (Å²) in [5.41, 5.74) is 5.41. The zero-order valence-corrected chi connectivity index (χ0v) is 8.87. The molecule has 0 atom stereocenters. The number of nitrogens with two attached hydrogens (primary N) is 1. The Morgan fingerprint density at radius 1 is 1.36 bits per heavy atom. The van der Waals surface area contributed by atoms with Crippen molar-refractivity contribution < 1.29 is 5.11 Å². The van der Waals surface area contributed by atoms with Crippen molar-refractivity contribution in [2.75, 3.05) is 24.8 Å². The van der Waals surface area contributed by atoms with E-state index in [2.05, 4.69) is 12.5 Å². The van der Waals surface area contributed by atoms with Crippen LogP contribution < -0.4 is 5.73 Å². The highest BCUT2D eigenvalue weighted by molar-refractivity contribution is 8.33. The zero-order chi connectivity index (χ0) is 9.12. The van der Waals surface area contributed by atoms with Gasteiger partial charge in [0.1, 0.15) is 0 Å². The third-order valence-electron chi connectivity index (χ3n) is 2.21. The standard InChI is InChI=1S/C8H21NOS/c1-8(2,10)11(3,4)7-5-6-9/h10H,5-7,9H2,1-4H3. The van der Waals surface area contributed by atoms with Crippen LogP contribution in [0.5, 0.6) is 0 Å². The van der Waals surface area contributed by atoms with Gasteiger partial charge in [0.2, 0.25) is 0 Å². The minimum Gasteiger partial charge on any atom is -0.382 e. The van der Waals surface area contributed by atoms with Crippen LogP contribution in [0.2, 0.25) is 0 Å². The van der Waals surface area contributed by atoms with Crippen molar-refractivity contribution in [2.24, 2.45) is 5.73 Å². The van der Waals surface area contributed by atoms with Crippen molar-refractivity contribution in [3.8, 4) is 0 Å². The monoisotopic (exact) mass is 179 g/mol. The van der Waals surface area contributed by atoms with Gasteiger partial charge in [-0.3, -0.25) is 0 Å². The zero-order valence-electron chi connectivity index (χ0n) is 8.05. The van der Waals surface area contributed by atoms with E-state index in [-0.39, 0.29) is 0 Å². The molecule has 0 fully saturated rings. The van der Waals surface area contributed by atoms with Crippen molar-refractivity contribution >= 4 is 10.0 Å². The lowest BCUT2D eigenvalue weighted by molar-refractivity contribution is 0.174. The summed E-state index contributed by atoms with van der Waals surface area (Å²) >= 11 is 0. The van der Waals surface area contributed by atoms with Crippen LogP contribution in [0.1, 0.15) is 20.3 Å². The lowest BCUT2D eigenvalue weighted by Crippen LogP contribution is -2.29. The van der Waals surface area contributed by atoms with E-state index in [9.17, 15) is 5.11 Å². The van der Waals surface area contributed by atoms with Crippen molar-refractivity contribution in [3.05, 3.63) is 0 Å². The van der Waals surface area contributed by atoms with Gasteiger partial charge < -0.3 is 10.8 Å². The molecule has 0 saturated heterocycles. The second-order valence-corrected chi connectivity index (χ2v) is 8.31. The molecule has 0 aromatic heterocycles. The third-order valence-corrected chi connectivity index (χ3v) is 6.22. The molecule has 11 heavy (non-hydrogen) atoms. The summed E-state index contributed by atoms with van der Waals surface area (Å²) in [6.07, 6.45) is 5.33. The first-order chi connectivity index (χ1) is 4.81. The first-order valence-electron chi connectivity index (χ1n) is 3.94. The molecule has 0 aromatic rings. The van der Waals surface area contributed by atoms with E-state index in [1.807, 2.05) is 13.8 Å². The van der Waals surface area contributed by atoms with Crippen LogP contribution >= 0.6 is 10.0 Å². The molecule has 0 aliphatic rings. The summed E-state index contributed by atoms with van der Waals surface area (Å²) in [5.74, 6) is 1.06. The number of hydrogen-bond donors (Lipinski definition) is 2. The molecule has 70 valence electrons. The SMILES string of the molecule is CC(C)(O)S(C)(C)CCCN. The lowest BCUT2D eigenvalue weighted by Gasteiger charge is -2.43. The fraction of sp³-hybridized carbons (Fsp3) is 1.00. The summed E-state index contributed by atoms with van der Waals surface area (Å²) in [5, 5.41) is 9.77. The summed E-state index contributed by atoms with van der Waals surface area (Å²) in [6.45, 7) is 4.50. The molecule has 3 heteroatoms. The van der Waals surface area contributed by atoms with E-state index in [0.717, 1.165) is 18.7 Å². The second kappa shape index (κ2) is 3.78. The Kier molecular flexibility index (Phi) is 3.88. The molecule has 0 aliphatic heterocycles. The van der Waals surface area contributed by atoms with Gasteiger partial charge >= 0.3 is 0 Å². The molecule has 0 unspecified atom stereocenters. The Morgan fingerprint density at radius 2 is 1.82 bits per heavy atom. The molecule has 0 spiro atoms. The van der Waals surface area contributed by atoms with Crippen molar-refractivity contribution in [2.45, 2.75) is 25.2 Å². The van der Waals surface area contributed by atoms with Gasteiger partial charge in [0.05, 0.1) is 4.93 Å². The fourth-order valence-electron chi connectivity index (χ4n) is 0.694. The lowest BCUT2D eigenvalue weighted by atomic mass is 10.5. The highest BCUT2D eigenvalue weighted by atomic mass is 32.3. The number of rotatable bonds is 4. The normalized spacial score (nSPS) is 15.1. The van der Waals surface area contributed by atoms with Gasteiger partial charge in [0.25, 0.3) is 0 Å². The van der Waals surface area contributed by atoms with Crippen LogP contribution in [-0.2, 0) is 0 Å². The molecule has 0 heterocycles. The molecular weight excluding hydrogens is 158 g/mol. The Balaban J connectivity index is 4.00. The highest BCUT2D eigenvalue weighted by Crippen LogP contribution is 2.51. The minimum absolute atomic E-state index is 0.526. The van der Waals surface area contributed by atoms with Crippen LogP contribution in [0.3, 0.4) is 0 Å². The van der Waals surface area contributed by atoms with Crippen LogP contribution in [0.4, 0.5) is 0 Å². The van der Waals surface area contributed by atoms with Crippen LogP contribution in [-0.4, -0.2) is 34.8 Å². The molecule has 0 amide bonds. The fourth-order valence-corrected chi connectivity index (χ4v) is 2.08. The van der Waals surface area contributed by atoms with Crippen LogP contribution in [0.25, 0.3) is 0 Å². The predicted octanol–water partition coefficient (Wildman–Crippen LogP) is 1.13. The van der Waals surface area contributed by atoms with Crippen LogP contribution in [0, 0.1) is 0 Å². The second-order valence-electron chi connectivity index (χ2n) is 3.83. The van der Waals surface area contributed by atoms with Gasteiger partial charge in [-0.2, -0.15) is 0 Å². The van der Waals surface area contributed by atoms with E-state index >= 15 is 0 Å². The smallest absolute Gasteiger partial charge is 0.0891 e. The largest absolute Gasteiger partial charge is 0.382 e. The molecular formula is C8H21NOS. The quantitative estimate of drug-likeness (QED) is 0.679. The summed E-state index contributed by atoms with van der Waals surface area (Å²) in [7, 11) is -0.884. The number of aliphatic hydroxyl groups is 1.